The van der Waals surface area contributed by atoms with Gasteiger partial charge in [0.05, 0.1) is 11.8 Å². The van der Waals surface area contributed by atoms with E-state index >= 15 is 0 Å². The first-order chi connectivity index (χ1) is 16.7. The molecule has 0 bridgehead atoms. The lowest BCUT2D eigenvalue weighted by Gasteiger charge is -2.46. The van der Waals surface area contributed by atoms with Gasteiger partial charge in [0.25, 0.3) is 11.5 Å². The van der Waals surface area contributed by atoms with E-state index in [4.69, 9.17) is 0 Å². The molecule has 2 atom stereocenters. The first kappa shape index (κ1) is 24.7. The van der Waals surface area contributed by atoms with E-state index in [2.05, 4.69) is 10.3 Å². The number of aromatic hydroxyl groups is 1. The van der Waals surface area contributed by atoms with E-state index in [0.717, 1.165) is 4.57 Å². The molecule has 0 saturated carbocycles. The lowest BCUT2D eigenvalue weighted by molar-refractivity contribution is 0.0823. The molecule has 1 fully saturated rings. The highest BCUT2D eigenvalue weighted by Crippen LogP contribution is 2.48. The van der Waals surface area contributed by atoms with Crippen molar-refractivity contribution in [2.45, 2.75) is 25.0 Å². The third-order valence-corrected chi connectivity index (χ3v) is 7.85. The molecule has 3 aromatic rings. The SMILES string of the molecule is Cn1c(N2CCCCS2(O)O)nc(C(=O)N[C@H](c2ccccc2)[C@H](O)c2ccccc2)c(O)c1=O. The van der Waals surface area contributed by atoms with Crippen LogP contribution in [0.3, 0.4) is 0 Å². The van der Waals surface area contributed by atoms with Crippen LogP contribution in [0.15, 0.2) is 65.5 Å². The third kappa shape index (κ3) is 5.03. The summed E-state index contributed by atoms with van der Waals surface area (Å²) in [4.78, 5) is 30.2. The van der Waals surface area contributed by atoms with E-state index in [-0.39, 0.29) is 18.2 Å². The summed E-state index contributed by atoms with van der Waals surface area (Å²) in [6.45, 7) is 0.230. The number of hydrogen-bond acceptors (Lipinski definition) is 8. The van der Waals surface area contributed by atoms with E-state index < -0.39 is 45.8 Å². The van der Waals surface area contributed by atoms with E-state index in [9.17, 15) is 28.9 Å². The Bertz CT molecular complexity index is 1250. The average Bonchev–Trinajstić information content (AvgIpc) is 2.87. The molecule has 1 saturated heterocycles. The second kappa shape index (κ2) is 10.1. The van der Waals surface area contributed by atoms with Crippen molar-refractivity contribution in [1.29, 1.82) is 0 Å². The summed E-state index contributed by atoms with van der Waals surface area (Å²) in [6, 6.07) is 16.7. The van der Waals surface area contributed by atoms with Crippen molar-refractivity contribution in [1.82, 2.24) is 14.9 Å². The Labute approximate surface area is 204 Å². The summed E-state index contributed by atoms with van der Waals surface area (Å²) in [5.74, 6) is -1.77. The summed E-state index contributed by atoms with van der Waals surface area (Å²) in [5.41, 5.74) is -0.303. The molecule has 0 radical (unpaired) electrons. The van der Waals surface area contributed by atoms with Crippen LogP contribution in [0.5, 0.6) is 5.75 Å². The number of aromatic nitrogens is 2. The first-order valence-electron chi connectivity index (χ1n) is 11.1. The largest absolute Gasteiger partial charge is 0.501 e. The zero-order chi connectivity index (χ0) is 25.2. The molecule has 186 valence electrons. The van der Waals surface area contributed by atoms with Crippen molar-refractivity contribution in [2.24, 2.45) is 7.05 Å². The monoisotopic (exact) mass is 500 g/mol. The zero-order valence-corrected chi connectivity index (χ0v) is 19.9. The van der Waals surface area contributed by atoms with Gasteiger partial charge in [-0.3, -0.25) is 23.3 Å². The molecule has 0 unspecified atom stereocenters. The maximum Gasteiger partial charge on any atom is 0.297 e. The molecule has 5 N–H and O–H groups in total. The van der Waals surface area contributed by atoms with Gasteiger partial charge in [0, 0.05) is 13.6 Å². The van der Waals surface area contributed by atoms with Crippen molar-refractivity contribution in [3.63, 3.8) is 0 Å². The van der Waals surface area contributed by atoms with E-state index in [1.54, 1.807) is 60.7 Å². The minimum Gasteiger partial charge on any atom is -0.501 e. The Morgan fingerprint density at radius 1 is 1.03 bits per heavy atom. The highest BCUT2D eigenvalue weighted by molar-refractivity contribution is 8.25. The number of aliphatic hydroxyl groups is 1. The second-order valence-electron chi connectivity index (χ2n) is 8.34. The molecule has 35 heavy (non-hydrogen) atoms. The summed E-state index contributed by atoms with van der Waals surface area (Å²) < 4.78 is 23.2. The van der Waals surface area contributed by atoms with Crippen LogP contribution in [-0.4, -0.2) is 47.1 Å². The molecule has 0 aliphatic carbocycles. The fourth-order valence-electron chi connectivity index (χ4n) is 4.06. The summed E-state index contributed by atoms with van der Waals surface area (Å²) in [5, 5.41) is 24.3. The van der Waals surface area contributed by atoms with E-state index in [0.29, 0.717) is 24.0 Å². The summed E-state index contributed by atoms with van der Waals surface area (Å²) in [7, 11) is -1.89. The molecule has 0 spiro atoms. The van der Waals surface area contributed by atoms with Gasteiger partial charge in [-0.05, 0) is 24.0 Å². The fourth-order valence-corrected chi connectivity index (χ4v) is 5.71. The molecular weight excluding hydrogens is 472 g/mol. The van der Waals surface area contributed by atoms with Crippen LogP contribution in [0.2, 0.25) is 0 Å². The van der Waals surface area contributed by atoms with Gasteiger partial charge >= 0.3 is 0 Å². The van der Waals surface area contributed by atoms with Crippen molar-refractivity contribution in [3.8, 4) is 5.75 Å². The molecule has 2 heterocycles. The fraction of sp³-hybridized carbons (Fsp3) is 0.292. The molecule has 4 rings (SSSR count). The summed E-state index contributed by atoms with van der Waals surface area (Å²) in [6.07, 6.45) is 0.117. The van der Waals surface area contributed by atoms with Crippen LogP contribution in [0.1, 0.15) is 46.6 Å². The molecule has 1 amide bonds. The van der Waals surface area contributed by atoms with E-state index in [1.165, 1.54) is 11.4 Å². The zero-order valence-electron chi connectivity index (χ0n) is 19.1. The first-order valence-corrected chi connectivity index (χ1v) is 12.8. The third-order valence-electron chi connectivity index (χ3n) is 5.97. The lowest BCUT2D eigenvalue weighted by atomic mass is 9.95. The molecule has 1 aliphatic heterocycles. The minimum absolute atomic E-state index is 0.116. The highest BCUT2D eigenvalue weighted by atomic mass is 32.3. The van der Waals surface area contributed by atoms with Gasteiger partial charge in [0.1, 0.15) is 6.10 Å². The Hall–Kier alpha value is -3.38. The number of rotatable bonds is 6. The second-order valence-corrected chi connectivity index (χ2v) is 10.4. The van der Waals surface area contributed by atoms with Gasteiger partial charge in [-0.25, -0.2) is 9.29 Å². The lowest BCUT2D eigenvalue weighted by Crippen LogP contribution is -2.40. The Morgan fingerprint density at radius 2 is 1.63 bits per heavy atom. The normalized spacial score (nSPS) is 17.9. The molecule has 1 aliphatic rings. The van der Waals surface area contributed by atoms with Crippen molar-refractivity contribution < 1.29 is 24.1 Å². The number of amides is 1. The Morgan fingerprint density at radius 3 is 2.23 bits per heavy atom. The number of aliphatic hydroxyl groups excluding tert-OH is 1. The molecular formula is C24H28N4O6S. The number of hydrogen-bond donors (Lipinski definition) is 5. The van der Waals surface area contributed by atoms with Crippen LogP contribution < -0.4 is 15.2 Å². The smallest absolute Gasteiger partial charge is 0.297 e. The van der Waals surface area contributed by atoms with Crippen molar-refractivity contribution in [2.75, 3.05) is 16.6 Å². The summed E-state index contributed by atoms with van der Waals surface area (Å²) >= 11 is 0. The number of nitrogens with one attached hydrogen (secondary N) is 1. The number of nitrogens with zero attached hydrogens (tertiary/aromatic N) is 3. The highest BCUT2D eigenvalue weighted by Gasteiger charge is 2.33. The van der Waals surface area contributed by atoms with Crippen molar-refractivity contribution >= 4 is 22.6 Å². The molecule has 11 heteroatoms. The molecule has 2 aromatic carbocycles. The number of benzene rings is 2. The topological polar surface area (TPSA) is 148 Å². The number of carbonyl (C=O) groups excluding carboxylic acids is 1. The number of carbonyl (C=O) groups is 1. The molecule has 1 aromatic heterocycles. The predicted octanol–water partition coefficient (Wildman–Crippen LogP) is 2.96. The quantitative estimate of drug-likeness (QED) is 0.347. The Balaban J connectivity index is 1.73. The van der Waals surface area contributed by atoms with Gasteiger partial charge in [-0.2, -0.15) is 0 Å². The maximum absolute atomic E-state index is 13.3. The van der Waals surface area contributed by atoms with E-state index in [1.807, 2.05) is 0 Å². The van der Waals surface area contributed by atoms with Crippen LogP contribution in [0.25, 0.3) is 0 Å². The van der Waals surface area contributed by atoms with Gasteiger partial charge in [0.2, 0.25) is 11.7 Å². The molecule has 10 nitrogen and oxygen atoms in total. The van der Waals surface area contributed by atoms with Crippen LogP contribution in [0, 0.1) is 0 Å². The minimum atomic E-state index is -3.23. The van der Waals surface area contributed by atoms with Gasteiger partial charge < -0.3 is 15.5 Å². The predicted molar refractivity (Wildman–Crippen MR) is 133 cm³/mol. The van der Waals surface area contributed by atoms with Crippen molar-refractivity contribution in [3.05, 3.63) is 87.8 Å². The van der Waals surface area contributed by atoms with Crippen LogP contribution in [0.4, 0.5) is 5.95 Å². The van der Waals surface area contributed by atoms with Gasteiger partial charge in [-0.15, -0.1) is 10.8 Å². The average molecular weight is 501 g/mol. The van der Waals surface area contributed by atoms with Gasteiger partial charge in [0.15, 0.2) is 5.69 Å². The van der Waals surface area contributed by atoms with Gasteiger partial charge in [-0.1, -0.05) is 60.7 Å². The van der Waals surface area contributed by atoms with Crippen LogP contribution in [-0.2, 0) is 7.05 Å². The standard InChI is InChI=1S/C24H28N4O6S/c1-27-23(32)21(30)19(26-24(27)28-14-8-9-15-35(28,33)34)22(31)25-18(16-10-4-2-5-11-16)20(29)17-12-6-3-7-13-17/h2-7,10-13,18,20,29-30,33-34H,8-9,14-15H2,1H3,(H,25,31)/t18-,20-/m1/s1. The Kier molecular flexibility index (Phi) is 7.13. The van der Waals surface area contributed by atoms with Crippen LogP contribution >= 0.6 is 10.8 Å². The maximum atomic E-state index is 13.3. The number of anilines is 1.